The van der Waals surface area contributed by atoms with Gasteiger partial charge in [0.2, 0.25) is 6.79 Å². The number of fused-ring (bicyclic) bond motifs is 1. The van der Waals surface area contributed by atoms with Crippen LogP contribution in [0.15, 0.2) is 18.2 Å². The average Bonchev–Trinajstić information content (AvgIpc) is 2.63. The van der Waals surface area contributed by atoms with Gasteiger partial charge in [-0.25, -0.2) is 0 Å². The Hall–Kier alpha value is -1.71. The molecule has 1 amide bonds. The zero-order valence-corrected chi connectivity index (χ0v) is 8.11. The summed E-state index contributed by atoms with van der Waals surface area (Å²) in [6.45, 7) is 0.188. The topological polar surface area (TPSA) is 38.8 Å². The minimum Gasteiger partial charge on any atom is -0.454 e. The molecule has 0 spiro atoms. The molecule has 4 nitrogen and oxygen atoms in total. The van der Waals surface area contributed by atoms with Crippen LogP contribution in [0, 0.1) is 0 Å². The highest BCUT2D eigenvalue weighted by molar-refractivity contribution is 5.97. The Bertz CT molecular complexity index is 374. The summed E-state index contributed by atoms with van der Waals surface area (Å²) < 4.78 is 10.4. The fourth-order valence-electron chi connectivity index (χ4n) is 1.34. The first-order valence-corrected chi connectivity index (χ1v) is 4.30. The van der Waals surface area contributed by atoms with Gasteiger partial charge in [0.15, 0.2) is 11.5 Å². The first kappa shape index (κ1) is 8.87. The van der Waals surface area contributed by atoms with Crippen molar-refractivity contribution in [3.05, 3.63) is 23.8 Å². The molecule has 0 atom stereocenters. The summed E-state index contributed by atoms with van der Waals surface area (Å²) in [5.41, 5.74) is 0.546. The van der Waals surface area contributed by atoms with Crippen LogP contribution >= 0.6 is 0 Å². The van der Waals surface area contributed by atoms with Crippen molar-refractivity contribution >= 4 is 5.91 Å². The Kier molecular flexibility index (Phi) is 2.04. The van der Waals surface area contributed by atoms with Crippen molar-refractivity contribution < 1.29 is 14.3 Å². The normalized spacial score (nSPS) is 12.7. The van der Waals surface area contributed by atoms with Gasteiger partial charge in [-0.3, -0.25) is 4.79 Å². The first-order valence-electron chi connectivity index (χ1n) is 4.30. The van der Waals surface area contributed by atoms with Crippen molar-refractivity contribution in [1.29, 1.82) is 0 Å². The SMILES string of the molecule is CN(C)C(=O)c1cccc2c1OCO2. The van der Waals surface area contributed by atoms with Crippen molar-refractivity contribution in [2.75, 3.05) is 20.9 Å². The number of amides is 1. The quantitative estimate of drug-likeness (QED) is 0.670. The van der Waals surface area contributed by atoms with Crippen LogP contribution in [0.25, 0.3) is 0 Å². The third-order valence-electron chi connectivity index (χ3n) is 2.03. The number of hydrogen-bond donors (Lipinski definition) is 0. The summed E-state index contributed by atoms with van der Waals surface area (Å²) in [6, 6.07) is 5.30. The van der Waals surface area contributed by atoms with E-state index >= 15 is 0 Å². The highest BCUT2D eigenvalue weighted by atomic mass is 16.7. The summed E-state index contributed by atoms with van der Waals surface area (Å²) in [7, 11) is 3.41. The number of nitrogens with zero attached hydrogens (tertiary/aromatic N) is 1. The van der Waals surface area contributed by atoms with E-state index in [-0.39, 0.29) is 12.7 Å². The second kappa shape index (κ2) is 3.21. The third kappa shape index (κ3) is 1.28. The van der Waals surface area contributed by atoms with E-state index in [4.69, 9.17) is 9.47 Å². The molecule has 0 bridgehead atoms. The molecule has 1 heterocycles. The molecule has 0 radical (unpaired) electrons. The maximum atomic E-state index is 11.7. The molecule has 0 N–H and O–H groups in total. The molecule has 0 saturated heterocycles. The van der Waals surface area contributed by atoms with Gasteiger partial charge in [-0.2, -0.15) is 0 Å². The van der Waals surface area contributed by atoms with E-state index in [9.17, 15) is 4.79 Å². The zero-order chi connectivity index (χ0) is 10.1. The van der Waals surface area contributed by atoms with Crippen LogP contribution in [-0.2, 0) is 0 Å². The van der Waals surface area contributed by atoms with Crippen molar-refractivity contribution in [3.63, 3.8) is 0 Å². The van der Waals surface area contributed by atoms with E-state index in [1.807, 2.05) is 0 Å². The molecular formula is C10H11NO3. The lowest BCUT2D eigenvalue weighted by atomic mass is 10.1. The average molecular weight is 193 g/mol. The Balaban J connectivity index is 2.44. The molecule has 2 rings (SSSR count). The Morgan fingerprint density at radius 1 is 1.36 bits per heavy atom. The maximum Gasteiger partial charge on any atom is 0.257 e. The van der Waals surface area contributed by atoms with Gasteiger partial charge in [0, 0.05) is 14.1 Å². The standard InChI is InChI=1S/C10H11NO3/c1-11(2)10(12)7-4-3-5-8-9(7)14-6-13-8/h3-5H,6H2,1-2H3. The molecule has 1 aliphatic rings. The summed E-state index contributed by atoms with van der Waals surface area (Å²) >= 11 is 0. The van der Waals surface area contributed by atoms with E-state index in [1.165, 1.54) is 4.90 Å². The highest BCUT2D eigenvalue weighted by Crippen LogP contribution is 2.35. The first-order chi connectivity index (χ1) is 6.70. The molecule has 74 valence electrons. The number of para-hydroxylation sites is 1. The van der Waals surface area contributed by atoms with Gasteiger partial charge in [-0.1, -0.05) is 6.07 Å². The molecule has 0 saturated carbocycles. The molecule has 0 unspecified atom stereocenters. The summed E-state index contributed by atoms with van der Waals surface area (Å²) in [5.74, 6) is 1.11. The lowest BCUT2D eigenvalue weighted by Gasteiger charge is -2.11. The molecule has 4 heteroatoms. The fourth-order valence-corrected chi connectivity index (χ4v) is 1.34. The number of carbonyl (C=O) groups excluding carboxylic acids is 1. The van der Waals surface area contributed by atoms with Gasteiger partial charge in [0.1, 0.15) is 0 Å². The summed E-state index contributed by atoms with van der Waals surface area (Å²) in [4.78, 5) is 13.2. The summed E-state index contributed by atoms with van der Waals surface area (Å²) in [5, 5.41) is 0. The molecule has 1 aromatic carbocycles. The Morgan fingerprint density at radius 3 is 2.86 bits per heavy atom. The Labute approximate surface area is 82.0 Å². The van der Waals surface area contributed by atoms with Gasteiger partial charge >= 0.3 is 0 Å². The Morgan fingerprint density at radius 2 is 2.14 bits per heavy atom. The molecule has 0 aromatic heterocycles. The minimum atomic E-state index is -0.0765. The van der Waals surface area contributed by atoms with Gasteiger partial charge in [0.05, 0.1) is 5.56 Å². The lowest BCUT2D eigenvalue weighted by molar-refractivity contribution is 0.0823. The molecule has 0 fully saturated rings. The van der Waals surface area contributed by atoms with Gasteiger partial charge in [-0.15, -0.1) is 0 Å². The van der Waals surface area contributed by atoms with Crippen LogP contribution in [0.1, 0.15) is 10.4 Å². The van der Waals surface area contributed by atoms with Crippen LogP contribution in [0.2, 0.25) is 0 Å². The number of rotatable bonds is 1. The number of carbonyl (C=O) groups is 1. The van der Waals surface area contributed by atoms with E-state index in [2.05, 4.69) is 0 Å². The lowest BCUT2D eigenvalue weighted by Crippen LogP contribution is -2.21. The second-order valence-corrected chi connectivity index (χ2v) is 3.24. The van der Waals surface area contributed by atoms with E-state index < -0.39 is 0 Å². The van der Waals surface area contributed by atoms with E-state index in [0.717, 1.165) is 0 Å². The number of hydrogen-bond acceptors (Lipinski definition) is 3. The predicted octanol–water partition coefficient (Wildman–Crippen LogP) is 1.12. The van der Waals surface area contributed by atoms with Gasteiger partial charge in [0.25, 0.3) is 5.91 Å². The van der Waals surface area contributed by atoms with Crippen LogP contribution in [0.4, 0.5) is 0 Å². The van der Waals surface area contributed by atoms with Crippen molar-refractivity contribution in [1.82, 2.24) is 4.90 Å². The van der Waals surface area contributed by atoms with Crippen molar-refractivity contribution in [3.8, 4) is 11.5 Å². The highest BCUT2D eigenvalue weighted by Gasteiger charge is 2.22. The van der Waals surface area contributed by atoms with Crippen molar-refractivity contribution in [2.24, 2.45) is 0 Å². The predicted molar refractivity (Wildman–Crippen MR) is 50.6 cm³/mol. The largest absolute Gasteiger partial charge is 0.454 e. The molecule has 1 aromatic rings. The monoisotopic (exact) mass is 193 g/mol. The van der Waals surface area contributed by atoms with Crippen molar-refractivity contribution in [2.45, 2.75) is 0 Å². The zero-order valence-electron chi connectivity index (χ0n) is 8.11. The van der Waals surface area contributed by atoms with Crippen LogP contribution in [-0.4, -0.2) is 31.7 Å². The van der Waals surface area contributed by atoms with Gasteiger partial charge in [-0.05, 0) is 12.1 Å². The van der Waals surface area contributed by atoms with Gasteiger partial charge < -0.3 is 14.4 Å². The number of ether oxygens (including phenoxy) is 2. The molecule has 0 aliphatic carbocycles. The molecule has 1 aliphatic heterocycles. The fraction of sp³-hybridized carbons (Fsp3) is 0.300. The van der Waals surface area contributed by atoms with E-state index in [1.54, 1.807) is 32.3 Å². The van der Waals surface area contributed by atoms with Crippen LogP contribution < -0.4 is 9.47 Å². The molecular weight excluding hydrogens is 182 g/mol. The van der Waals surface area contributed by atoms with Crippen LogP contribution in [0.5, 0.6) is 11.5 Å². The minimum absolute atomic E-state index is 0.0765. The number of benzene rings is 1. The summed E-state index contributed by atoms with van der Waals surface area (Å²) in [6.07, 6.45) is 0. The third-order valence-corrected chi connectivity index (χ3v) is 2.03. The molecule has 14 heavy (non-hydrogen) atoms. The smallest absolute Gasteiger partial charge is 0.257 e. The van der Waals surface area contributed by atoms with E-state index in [0.29, 0.717) is 17.1 Å². The maximum absolute atomic E-state index is 11.7. The second-order valence-electron chi connectivity index (χ2n) is 3.24. The van der Waals surface area contributed by atoms with Crippen LogP contribution in [0.3, 0.4) is 0 Å².